The lowest BCUT2D eigenvalue weighted by Gasteiger charge is -2.27. The van der Waals surface area contributed by atoms with E-state index in [1.54, 1.807) is 11.3 Å². The van der Waals surface area contributed by atoms with Crippen LogP contribution in [0.3, 0.4) is 0 Å². The van der Waals surface area contributed by atoms with Crippen molar-refractivity contribution < 1.29 is 5.11 Å². The van der Waals surface area contributed by atoms with Crippen LogP contribution < -0.4 is 0 Å². The first-order valence-corrected chi connectivity index (χ1v) is 11.8. The van der Waals surface area contributed by atoms with Gasteiger partial charge in [-0.25, -0.2) is 0 Å². The average molecular weight is 385 g/mol. The molecule has 0 spiro atoms. The van der Waals surface area contributed by atoms with Crippen molar-refractivity contribution in [3.8, 4) is 0 Å². The summed E-state index contributed by atoms with van der Waals surface area (Å²) < 4.78 is 2.62. The topological polar surface area (TPSA) is 28.4 Å². The van der Waals surface area contributed by atoms with Crippen molar-refractivity contribution in [1.82, 2.24) is 9.47 Å². The Hall–Kier alpha value is -0.970. The van der Waals surface area contributed by atoms with E-state index in [1.165, 1.54) is 36.0 Å². The third kappa shape index (κ3) is 3.24. The molecule has 4 atom stereocenters. The van der Waals surface area contributed by atoms with Crippen LogP contribution in [0, 0.1) is 12.8 Å². The van der Waals surface area contributed by atoms with Crippen LogP contribution in [0.5, 0.6) is 0 Å². The van der Waals surface area contributed by atoms with Gasteiger partial charge in [0.25, 0.3) is 0 Å². The van der Waals surface area contributed by atoms with E-state index in [-0.39, 0.29) is 0 Å². The van der Waals surface area contributed by atoms with Crippen molar-refractivity contribution in [3.05, 3.63) is 35.0 Å². The Morgan fingerprint density at radius 2 is 2.26 bits per heavy atom. The largest absolute Gasteiger partial charge is 0.389 e. The van der Waals surface area contributed by atoms with E-state index >= 15 is 0 Å². The van der Waals surface area contributed by atoms with E-state index in [9.17, 15) is 5.11 Å². The summed E-state index contributed by atoms with van der Waals surface area (Å²) >= 11 is 1.91. The number of thioether (sulfide) groups is 1. The maximum absolute atomic E-state index is 10.8. The molecule has 3 aliphatic heterocycles. The van der Waals surface area contributed by atoms with Crippen LogP contribution in [0.2, 0.25) is 0 Å². The fourth-order valence-electron chi connectivity index (χ4n) is 5.71. The standard InChI is InChI=1S/C23H32N2OS/c1-16-3-4-20-19(11-16)22-18-6-8-24(13-18)14-21(22)25(20)9-5-17(2)12-23(26)7-10-27-15-23/h3-4,11,17-18,26H,5-10,12-15H2,1-2H3. The van der Waals surface area contributed by atoms with Crippen molar-refractivity contribution in [2.45, 2.75) is 64.1 Å². The molecule has 3 aliphatic rings. The average Bonchev–Trinajstić information content (AvgIpc) is 3.30. The summed E-state index contributed by atoms with van der Waals surface area (Å²) in [5, 5.41) is 12.3. The lowest BCUT2D eigenvalue weighted by atomic mass is 9.89. The van der Waals surface area contributed by atoms with Gasteiger partial charge >= 0.3 is 0 Å². The molecular weight excluding hydrogens is 352 g/mol. The maximum atomic E-state index is 10.8. The van der Waals surface area contributed by atoms with Crippen LogP contribution in [0.15, 0.2) is 18.2 Å². The second-order valence-electron chi connectivity index (χ2n) is 9.38. The molecule has 4 heterocycles. The van der Waals surface area contributed by atoms with Crippen LogP contribution in [-0.2, 0) is 13.1 Å². The van der Waals surface area contributed by atoms with Gasteiger partial charge in [-0.05, 0) is 68.5 Å². The Labute approximate surface area is 167 Å². The Morgan fingerprint density at radius 1 is 1.37 bits per heavy atom. The molecule has 2 fully saturated rings. The summed E-state index contributed by atoms with van der Waals surface area (Å²) in [5.41, 5.74) is 5.62. The van der Waals surface area contributed by atoms with Crippen molar-refractivity contribution in [3.63, 3.8) is 0 Å². The molecule has 146 valence electrons. The number of aliphatic hydroxyl groups is 1. The van der Waals surface area contributed by atoms with E-state index in [1.807, 2.05) is 11.8 Å². The Balaban J connectivity index is 1.42. The summed E-state index contributed by atoms with van der Waals surface area (Å²) in [6.07, 6.45) is 4.40. The second-order valence-corrected chi connectivity index (χ2v) is 10.5. The van der Waals surface area contributed by atoms with Crippen molar-refractivity contribution in [2.75, 3.05) is 24.6 Å². The van der Waals surface area contributed by atoms with E-state index in [0.717, 1.165) is 49.8 Å². The SMILES string of the molecule is Cc1ccc2c(c1)c1c(n2CCC(C)CC2(O)CCSC2)CN2CCC1C2. The lowest BCUT2D eigenvalue weighted by molar-refractivity contribution is 0.0420. The third-order valence-corrected chi connectivity index (χ3v) is 8.31. The quantitative estimate of drug-likeness (QED) is 0.820. The summed E-state index contributed by atoms with van der Waals surface area (Å²) in [4.78, 5) is 2.64. The van der Waals surface area contributed by atoms with Crippen LogP contribution in [0.4, 0.5) is 0 Å². The zero-order valence-corrected chi connectivity index (χ0v) is 17.5. The zero-order chi connectivity index (χ0) is 18.6. The molecule has 1 aromatic carbocycles. The second kappa shape index (κ2) is 6.82. The molecule has 27 heavy (non-hydrogen) atoms. The van der Waals surface area contributed by atoms with E-state index < -0.39 is 5.60 Å². The number of hydrogen-bond donors (Lipinski definition) is 1. The molecule has 0 radical (unpaired) electrons. The molecule has 3 nitrogen and oxygen atoms in total. The minimum Gasteiger partial charge on any atom is -0.389 e. The monoisotopic (exact) mass is 384 g/mol. The van der Waals surface area contributed by atoms with Gasteiger partial charge in [0.15, 0.2) is 0 Å². The first-order chi connectivity index (χ1) is 13.0. The lowest BCUT2D eigenvalue weighted by Crippen LogP contribution is -2.31. The molecule has 0 amide bonds. The molecule has 1 aromatic heterocycles. The number of rotatable bonds is 5. The number of nitrogens with zero attached hydrogens (tertiary/aromatic N) is 2. The van der Waals surface area contributed by atoms with Gasteiger partial charge in [-0.1, -0.05) is 18.6 Å². The fourth-order valence-corrected chi connectivity index (χ4v) is 7.02. The minimum absolute atomic E-state index is 0.413. The predicted octanol–water partition coefficient (Wildman–Crippen LogP) is 4.54. The number of hydrogen-bond acceptors (Lipinski definition) is 3. The molecule has 4 heteroatoms. The van der Waals surface area contributed by atoms with Crippen molar-refractivity contribution in [2.24, 2.45) is 5.92 Å². The highest BCUT2D eigenvalue weighted by Gasteiger charge is 2.36. The maximum Gasteiger partial charge on any atom is 0.0748 e. The number of aromatic nitrogens is 1. The molecule has 2 bridgehead atoms. The number of benzene rings is 1. The highest BCUT2D eigenvalue weighted by Crippen LogP contribution is 2.42. The van der Waals surface area contributed by atoms with Gasteiger partial charge < -0.3 is 9.67 Å². The van der Waals surface area contributed by atoms with E-state index in [4.69, 9.17) is 0 Å². The Morgan fingerprint density at radius 3 is 3.07 bits per heavy atom. The van der Waals surface area contributed by atoms with E-state index in [0.29, 0.717) is 5.92 Å². The number of aryl methyl sites for hydroxylation is 2. The van der Waals surface area contributed by atoms with E-state index in [2.05, 4.69) is 41.5 Å². The van der Waals surface area contributed by atoms with Gasteiger partial charge in [0.05, 0.1) is 5.60 Å². The third-order valence-electron chi connectivity index (χ3n) is 7.08. The first-order valence-electron chi connectivity index (χ1n) is 10.7. The fraction of sp³-hybridized carbons (Fsp3) is 0.652. The normalized spacial score (nSPS) is 30.8. The van der Waals surface area contributed by atoms with Gasteiger partial charge in [0.1, 0.15) is 0 Å². The molecule has 0 saturated carbocycles. The summed E-state index contributed by atoms with van der Waals surface area (Å²) in [6, 6.07) is 7.03. The summed E-state index contributed by atoms with van der Waals surface area (Å²) in [7, 11) is 0. The predicted molar refractivity (Wildman–Crippen MR) is 115 cm³/mol. The zero-order valence-electron chi connectivity index (χ0n) is 16.7. The van der Waals surface area contributed by atoms with Crippen molar-refractivity contribution >= 4 is 22.7 Å². The van der Waals surface area contributed by atoms with Gasteiger partial charge in [-0.15, -0.1) is 0 Å². The smallest absolute Gasteiger partial charge is 0.0748 e. The number of fused-ring (bicyclic) bond motifs is 6. The summed E-state index contributed by atoms with van der Waals surface area (Å²) in [5.74, 6) is 3.34. The molecule has 0 aliphatic carbocycles. The van der Waals surface area contributed by atoms with Crippen LogP contribution in [-0.4, -0.2) is 44.8 Å². The van der Waals surface area contributed by atoms with Crippen molar-refractivity contribution in [1.29, 1.82) is 0 Å². The molecule has 1 N–H and O–H groups in total. The summed E-state index contributed by atoms with van der Waals surface area (Å²) in [6.45, 7) is 9.26. The molecule has 2 saturated heterocycles. The van der Waals surface area contributed by atoms with Crippen LogP contribution in [0.1, 0.15) is 55.3 Å². The first kappa shape index (κ1) is 18.1. The molecule has 2 aromatic rings. The highest BCUT2D eigenvalue weighted by atomic mass is 32.2. The van der Waals surface area contributed by atoms with Gasteiger partial charge in [-0.3, -0.25) is 4.90 Å². The Kier molecular flexibility index (Phi) is 4.57. The van der Waals surface area contributed by atoms with Crippen LogP contribution in [0.25, 0.3) is 10.9 Å². The van der Waals surface area contributed by atoms with Gasteiger partial charge in [0, 0.05) is 47.9 Å². The molecule has 4 unspecified atom stereocenters. The van der Waals surface area contributed by atoms with Crippen LogP contribution >= 0.6 is 11.8 Å². The molecular formula is C23H32N2OS. The Bertz CT molecular complexity index is 852. The minimum atomic E-state index is -0.413. The molecule has 5 rings (SSSR count). The highest BCUT2D eigenvalue weighted by molar-refractivity contribution is 7.99. The van der Waals surface area contributed by atoms with Gasteiger partial charge in [-0.2, -0.15) is 11.8 Å². The van der Waals surface area contributed by atoms with Gasteiger partial charge in [0.2, 0.25) is 0 Å².